The predicted molar refractivity (Wildman–Crippen MR) is 111 cm³/mol. The van der Waals surface area contributed by atoms with Crippen LogP contribution >= 0.6 is 11.9 Å². The zero-order chi connectivity index (χ0) is 20.3. The average Bonchev–Trinajstić information content (AvgIpc) is 2.70. The van der Waals surface area contributed by atoms with Crippen molar-refractivity contribution in [3.8, 4) is 5.88 Å². The Morgan fingerprint density at radius 1 is 1.39 bits per heavy atom. The Bertz CT molecular complexity index is 917. The van der Waals surface area contributed by atoms with Crippen LogP contribution in [0, 0.1) is 5.82 Å². The van der Waals surface area contributed by atoms with E-state index in [2.05, 4.69) is 20.0 Å². The molecule has 7 nitrogen and oxygen atoms in total. The van der Waals surface area contributed by atoms with Gasteiger partial charge >= 0.3 is 0 Å². The molecule has 0 saturated heterocycles. The zero-order valence-electron chi connectivity index (χ0n) is 16.3. The first-order valence-electron chi connectivity index (χ1n) is 8.82. The van der Waals surface area contributed by atoms with Crippen LogP contribution in [0.25, 0.3) is 0 Å². The number of guanidine groups is 1. The van der Waals surface area contributed by atoms with Gasteiger partial charge in [0, 0.05) is 18.4 Å². The number of benzene rings is 1. The highest BCUT2D eigenvalue weighted by molar-refractivity contribution is 7.97. The van der Waals surface area contributed by atoms with Gasteiger partial charge in [0.05, 0.1) is 30.9 Å². The van der Waals surface area contributed by atoms with Gasteiger partial charge in [0.1, 0.15) is 17.1 Å². The van der Waals surface area contributed by atoms with Crippen molar-refractivity contribution >= 4 is 29.3 Å². The van der Waals surface area contributed by atoms with Crippen LogP contribution in [0.1, 0.15) is 31.5 Å². The molecule has 1 aliphatic rings. The molecule has 0 amide bonds. The molecule has 1 atom stereocenters. The molecule has 1 unspecified atom stereocenters. The first-order chi connectivity index (χ1) is 13.4. The Hall–Kier alpha value is -2.68. The molecule has 28 heavy (non-hydrogen) atoms. The fraction of sp³-hybridized carbons (Fsp3) is 0.368. The SMILES string of the molecule is CCC(=Nc1ccc(F)c(C2(C)CSN(C)C(N)=N2)c1)c1cnc(OC)cn1. The van der Waals surface area contributed by atoms with Crippen LogP contribution in [-0.4, -0.2) is 45.9 Å². The average molecular weight is 402 g/mol. The number of halogens is 1. The lowest BCUT2D eigenvalue weighted by molar-refractivity contribution is 0.395. The van der Waals surface area contributed by atoms with Crippen molar-refractivity contribution in [2.45, 2.75) is 25.8 Å². The number of hydrogen-bond acceptors (Lipinski definition) is 8. The molecule has 0 fully saturated rings. The third kappa shape index (κ3) is 4.09. The van der Waals surface area contributed by atoms with Crippen LogP contribution in [0.3, 0.4) is 0 Å². The van der Waals surface area contributed by atoms with Crippen molar-refractivity contribution in [2.75, 3.05) is 19.9 Å². The van der Waals surface area contributed by atoms with E-state index in [0.29, 0.717) is 41.0 Å². The smallest absolute Gasteiger partial charge is 0.232 e. The van der Waals surface area contributed by atoms with Gasteiger partial charge in [-0.25, -0.2) is 19.4 Å². The standard InChI is InChI=1S/C19H23FN6OS/c1-5-15(16-9-23-17(27-4)10-22-16)24-12-6-7-14(20)13(8-12)19(2)11-28-26(3)18(21)25-19/h6-10H,5,11H2,1-4H3,(H2,21,25). The number of rotatable bonds is 5. The molecule has 9 heteroatoms. The van der Waals surface area contributed by atoms with Gasteiger partial charge in [-0.15, -0.1) is 0 Å². The van der Waals surface area contributed by atoms with E-state index < -0.39 is 5.54 Å². The molecule has 2 N–H and O–H groups in total. The Morgan fingerprint density at radius 3 is 2.79 bits per heavy atom. The maximum atomic E-state index is 14.6. The van der Waals surface area contributed by atoms with E-state index in [-0.39, 0.29) is 5.82 Å². The molecular weight excluding hydrogens is 379 g/mol. The first-order valence-corrected chi connectivity index (χ1v) is 9.76. The van der Waals surface area contributed by atoms with E-state index in [1.165, 1.54) is 25.1 Å². The largest absolute Gasteiger partial charge is 0.480 e. The molecule has 0 saturated carbocycles. The number of aliphatic imine (C=N–C) groups is 2. The second-order valence-corrected chi connectivity index (χ2v) is 7.63. The summed E-state index contributed by atoms with van der Waals surface area (Å²) < 4.78 is 21.4. The number of nitrogens with zero attached hydrogens (tertiary/aromatic N) is 5. The fourth-order valence-corrected chi connectivity index (χ4v) is 3.66. The number of hydrogen-bond donors (Lipinski definition) is 1. The number of aromatic nitrogens is 2. The molecule has 0 aliphatic carbocycles. The minimum absolute atomic E-state index is 0.328. The van der Waals surface area contributed by atoms with Crippen molar-refractivity contribution in [1.82, 2.24) is 14.3 Å². The van der Waals surface area contributed by atoms with Gasteiger partial charge in [0.2, 0.25) is 11.8 Å². The summed E-state index contributed by atoms with van der Waals surface area (Å²) in [5, 5.41) is 0. The van der Waals surface area contributed by atoms with E-state index >= 15 is 0 Å². The maximum absolute atomic E-state index is 14.6. The summed E-state index contributed by atoms with van der Waals surface area (Å²) in [7, 11) is 3.37. The van der Waals surface area contributed by atoms with Gasteiger partial charge in [-0.3, -0.25) is 9.30 Å². The van der Waals surface area contributed by atoms with Crippen LogP contribution in [0.4, 0.5) is 10.1 Å². The first kappa shape index (κ1) is 20.1. The van der Waals surface area contributed by atoms with Gasteiger partial charge in [0.25, 0.3) is 0 Å². The lowest BCUT2D eigenvalue weighted by atomic mass is 9.93. The van der Waals surface area contributed by atoms with Crippen molar-refractivity contribution < 1.29 is 9.13 Å². The quantitative estimate of drug-likeness (QED) is 0.610. The normalized spacial score (nSPS) is 20.1. The van der Waals surface area contributed by atoms with E-state index in [4.69, 9.17) is 10.5 Å². The number of methoxy groups -OCH3 is 1. The number of ether oxygens (including phenoxy) is 1. The monoisotopic (exact) mass is 402 g/mol. The molecule has 1 aliphatic heterocycles. The van der Waals surface area contributed by atoms with Crippen LogP contribution in [0.2, 0.25) is 0 Å². The van der Waals surface area contributed by atoms with Crippen molar-refractivity contribution in [3.05, 3.63) is 47.7 Å². The summed E-state index contributed by atoms with van der Waals surface area (Å²) >= 11 is 1.51. The van der Waals surface area contributed by atoms with Crippen LogP contribution in [0.15, 0.2) is 40.6 Å². The van der Waals surface area contributed by atoms with Crippen LogP contribution < -0.4 is 10.5 Å². The van der Waals surface area contributed by atoms with Crippen LogP contribution in [-0.2, 0) is 5.54 Å². The molecule has 2 aromatic rings. The highest BCUT2D eigenvalue weighted by Gasteiger charge is 2.34. The molecule has 1 aromatic carbocycles. The third-order valence-corrected chi connectivity index (χ3v) is 5.75. The maximum Gasteiger partial charge on any atom is 0.232 e. The Labute approximate surface area is 168 Å². The number of nitrogens with two attached hydrogens (primary N) is 1. The molecule has 0 spiro atoms. The Balaban J connectivity index is 1.99. The summed E-state index contributed by atoms with van der Waals surface area (Å²) in [4.78, 5) is 17.7. The highest BCUT2D eigenvalue weighted by atomic mass is 32.2. The molecular formula is C19H23FN6OS. The van der Waals surface area contributed by atoms with Gasteiger partial charge in [-0.1, -0.05) is 6.92 Å². The van der Waals surface area contributed by atoms with Crippen molar-refractivity contribution in [2.24, 2.45) is 15.7 Å². The molecule has 1 aromatic heterocycles. The summed E-state index contributed by atoms with van der Waals surface area (Å²) in [5.41, 5.74) is 7.70. The molecule has 148 valence electrons. The van der Waals surface area contributed by atoms with E-state index in [0.717, 1.165) is 5.71 Å². The minimum Gasteiger partial charge on any atom is -0.480 e. The second-order valence-electron chi connectivity index (χ2n) is 6.53. The van der Waals surface area contributed by atoms with Crippen molar-refractivity contribution in [3.63, 3.8) is 0 Å². The van der Waals surface area contributed by atoms with Gasteiger partial charge in [0.15, 0.2) is 0 Å². The fourth-order valence-electron chi connectivity index (χ4n) is 2.82. The second kappa shape index (κ2) is 8.14. The lowest BCUT2D eigenvalue weighted by Gasteiger charge is -2.34. The Morgan fingerprint density at radius 2 is 2.18 bits per heavy atom. The zero-order valence-corrected chi connectivity index (χ0v) is 17.1. The summed E-state index contributed by atoms with van der Waals surface area (Å²) in [6.45, 7) is 3.86. The summed E-state index contributed by atoms with van der Waals surface area (Å²) in [6.07, 6.45) is 3.81. The lowest BCUT2D eigenvalue weighted by Crippen LogP contribution is -2.40. The highest BCUT2D eigenvalue weighted by Crippen LogP contribution is 2.37. The third-order valence-electron chi connectivity index (χ3n) is 4.49. The topological polar surface area (TPSA) is 89.0 Å². The van der Waals surface area contributed by atoms with E-state index in [1.54, 1.807) is 28.8 Å². The molecule has 0 bridgehead atoms. The summed E-state index contributed by atoms with van der Waals surface area (Å²) in [5.74, 6) is 1.06. The van der Waals surface area contributed by atoms with Crippen LogP contribution in [0.5, 0.6) is 5.88 Å². The minimum atomic E-state index is -0.761. The van der Waals surface area contributed by atoms with E-state index in [1.807, 2.05) is 20.9 Å². The van der Waals surface area contributed by atoms with Gasteiger partial charge in [-0.05, 0) is 43.5 Å². The van der Waals surface area contributed by atoms with E-state index in [9.17, 15) is 4.39 Å². The van der Waals surface area contributed by atoms with Gasteiger partial charge < -0.3 is 10.5 Å². The molecule has 3 rings (SSSR count). The predicted octanol–water partition coefficient (Wildman–Crippen LogP) is 3.28. The van der Waals surface area contributed by atoms with Crippen molar-refractivity contribution in [1.29, 1.82) is 0 Å². The molecule has 0 radical (unpaired) electrons. The molecule has 2 heterocycles. The van der Waals surface area contributed by atoms with Gasteiger partial charge in [-0.2, -0.15) is 0 Å². The summed E-state index contributed by atoms with van der Waals surface area (Å²) in [6, 6.07) is 4.79. The Kier molecular flexibility index (Phi) is 5.83.